The van der Waals surface area contributed by atoms with Crippen LogP contribution in [-0.4, -0.2) is 75.0 Å². The lowest BCUT2D eigenvalue weighted by atomic mass is 10.1. The highest BCUT2D eigenvalue weighted by atomic mass is 35.5. The average molecular weight is 498 g/mol. The van der Waals surface area contributed by atoms with Gasteiger partial charge in [-0.25, -0.2) is 9.97 Å². The van der Waals surface area contributed by atoms with E-state index in [2.05, 4.69) is 20.0 Å². The van der Waals surface area contributed by atoms with Crippen LogP contribution in [0.4, 0.5) is 0 Å². The minimum Gasteiger partial charge on any atom is -0.491 e. The summed E-state index contributed by atoms with van der Waals surface area (Å²) in [5.41, 5.74) is 8.85. The van der Waals surface area contributed by atoms with Crippen LogP contribution in [0, 0.1) is 6.92 Å². The lowest BCUT2D eigenvalue weighted by Gasteiger charge is -2.26. The highest BCUT2D eigenvalue weighted by Crippen LogP contribution is 2.36. The molecule has 10 nitrogen and oxygen atoms in total. The van der Waals surface area contributed by atoms with E-state index < -0.39 is 5.91 Å². The minimum atomic E-state index is -0.546. The van der Waals surface area contributed by atoms with Gasteiger partial charge in [-0.15, -0.1) is 0 Å². The van der Waals surface area contributed by atoms with Crippen molar-refractivity contribution in [1.29, 1.82) is 0 Å². The monoisotopic (exact) mass is 497 g/mol. The fourth-order valence-corrected chi connectivity index (χ4v) is 4.73. The smallest absolute Gasteiger partial charge is 0.248 e. The fourth-order valence-electron chi connectivity index (χ4n) is 4.45. The van der Waals surface area contributed by atoms with Crippen molar-refractivity contribution in [3.63, 3.8) is 0 Å². The van der Waals surface area contributed by atoms with E-state index in [1.54, 1.807) is 12.1 Å². The van der Waals surface area contributed by atoms with Gasteiger partial charge in [0.2, 0.25) is 5.91 Å². The lowest BCUT2D eigenvalue weighted by molar-refractivity contribution is 0.0358. The number of aromatic nitrogens is 5. The number of hydrogen-bond acceptors (Lipinski definition) is 7. The molecule has 11 heteroatoms. The molecular weight excluding hydrogens is 470 g/mol. The summed E-state index contributed by atoms with van der Waals surface area (Å²) in [4.78, 5) is 27.0. The van der Waals surface area contributed by atoms with Crippen LogP contribution in [0.25, 0.3) is 33.5 Å². The number of nitrogens with two attached hydrogens (primary N) is 1. The first-order chi connectivity index (χ1) is 16.9. The molecule has 1 aliphatic rings. The summed E-state index contributed by atoms with van der Waals surface area (Å²) in [6.07, 6.45) is 0.841. The van der Waals surface area contributed by atoms with Crippen LogP contribution in [-0.2, 0) is 11.3 Å². The van der Waals surface area contributed by atoms with Gasteiger partial charge in [0.15, 0.2) is 5.82 Å². The Morgan fingerprint density at radius 1 is 1.26 bits per heavy atom. The largest absolute Gasteiger partial charge is 0.491 e. The predicted molar refractivity (Wildman–Crippen MR) is 134 cm³/mol. The molecule has 0 spiro atoms. The number of carbonyl (C=O) groups is 1. The predicted octanol–water partition coefficient (Wildman–Crippen LogP) is 3.16. The molecule has 184 valence electrons. The number of amides is 1. The van der Waals surface area contributed by atoms with Crippen LogP contribution >= 0.6 is 11.6 Å². The van der Waals surface area contributed by atoms with E-state index in [9.17, 15) is 4.79 Å². The molecule has 0 aliphatic carbocycles. The van der Waals surface area contributed by atoms with E-state index >= 15 is 0 Å². The van der Waals surface area contributed by atoms with Gasteiger partial charge < -0.3 is 20.2 Å². The molecule has 0 radical (unpaired) electrons. The van der Waals surface area contributed by atoms with Crippen molar-refractivity contribution in [3.05, 3.63) is 34.6 Å². The van der Waals surface area contributed by atoms with E-state index in [0.717, 1.165) is 50.7 Å². The van der Waals surface area contributed by atoms with Crippen molar-refractivity contribution >= 4 is 39.4 Å². The number of benzene rings is 1. The van der Waals surface area contributed by atoms with Crippen molar-refractivity contribution in [2.45, 2.75) is 26.8 Å². The molecule has 0 atom stereocenters. The highest BCUT2D eigenvalue weighted by Gasteiger charge is 2.20. The summed E-state index contributed by atoms with van der Waals surface area (Å²) in [5.74, 6) is 0.457. The number of fused-ring (bicyclic) bond motifs is 3. The zero-order chi connectivity index (χ0) is 24.5. The second-order valence-electron chi connectivity index (χ2n) is 8.59. The zero-order valence-electron chi connectivity index (χ0n) is 19.8. The highest BCUT2D eigenvalue weighted by molar-refractivity contribution is 6.36. The maximum Gasteiger partial charge on any atom is 0.248 e. The zero-order valence-corrected chi connectivity index (χ0v) is 20.6. The molecule has 0 saturated carbocycles. The molecule has 0 unspecified atom stereocenters. The number of aromatic amines is 1. The summed E-state index contributed by atoms with van der Waals surface area (Å²) in [6.45, 7) is 9.40. The van der Waals surface area contributed by atoms with Gasteiger partial charge in [-0.3, -0.25) is 14.4 Å². The number of rotatable bonds is 8. The van der Waals surface area contributed by atoms with Crippen molar-refractivity contribution in [3.8, 4) is 17.3 Å². The Kier molecular flexibility index (Phi) is 6.59. The van der Waals surface area contributed by atoms with Crippen LogP contribution in [0.15, 0.2) is 18.2 Å². The maximum absolute atomic E-state index is 12.1. The van der Waals surface area contributed by atoms with Crippen molar-refractivity contribution in [2.24, 2.45) is 5.73 Å². The summed E-state index contributed by atoms with van der Waals surface area (Å²) >= 11 is 6.66. The van der Waals surface area contributed by atoms with Crippen molar-refractivity contribution in [1.82, 2.24) is 29.6 Å². The first-order valence-corrected chi connectivity index (χ1v) is 12.1. The van der Waals surface area contributed by atoms with Crippen LogP contribution in [0.3, 0.4) is 0 Å². The summed E-state index contributed by atoms with van der Waals surface area (Å²) in [6, 6.07) is 5.29. The number of nitrogens with zero attached hydrogens (tertiary/aromatic N) is 5. The van der Waals surface area contributed by atoms with E-state index in [1.165, 1.54) is 0 Å². The first kappa shape index (κ1) is 23.5. The third-order valence-electron chi connectivity index (χ3n) is 6.18. The number of primary amides is 1. The number of aryl methyl sites for hydroxylation is 2. The van der Waals surface area contributed by atoms with Crippen LogP contribution in [0.1, 0.15) is 29.4 Å². The van der Waals surface area contributed by atoms with Gasteiger partial charge in [-0.05, 0) is 38.5 Å². The van der Waals surface area contributed by atoms with E-state index in [0.29, 0.717) is 52.2 Å². The number of nitrogens with one attached hydrogen (secondary N) is 1. The molecule has 1 fully saturated rings. The summed E-state index contributed by atoms with van der Waals surface area (Å²) in [5, 5.41) is 6.06. The second-order valence-corrected chi connectivity index (χ2v) is 8.95. The molecule has 4 heterocycles. The number of ether oxygens (including phenoxy) is 2. The minimum absolute atomic E-state index is 0.276. The number of H-pyrrole nitrogens is 1. The Morgan fingerprint density at radius 2 is 2.06 bits per heavy atom. The molecule has 1 saturated heterocycles. The summed E-state index contributed by atoms with van der Waals surface area (Å²) < 4.78 is 13.4. The van der Waals surface area contributed by atoms with E-state index in [1.807, 2.05) is 24.6 Å². The van der Waals surface area contributed by atoms with Gasteiger partial charge in [-0.2, -0.15) is 5.10 Å². The molecular formula is C24H28ClN7O3. The van der Waals surface area contributed by atoms with Gasteiger partial charge in [0.1, 0.15) is 22.2 Å². The topological polar surface area (TPSA) is 124 Å². The van der Waals surface area contributed by atoms with Gasteiger partial charge in [-0.1, -0.05) is 11.6 Å². The molecule has 1 amide bonds. The van der Waals surface area contributed by atoms with Crippen molar-refractivity contribution < 1.29 is 14.3 Å². The molecule has 1 aliphatic heterocycles. The van der Waals surface area contributed by atoms with Gasteiger partial charge >= 0.3 is 0 Å². The maximum atomic E-state index is 12.1. The molecule has 3 N–H and O–H groups in total. The normalized spacial score (nSPS) is 14.7. The Bertz CT molecular complexity index is 1390. The number of halogens is 1. The first-order valence-electron chi connectivity index (χ1n) is 11.7. The molecule has 5 rings (SSSR count). The van der Waals surface area contributed by atoms with E-state index in [-0.39, 0.29) is 5.15 Å². The third-order valence-corrected chi connectivity index (χ3v) is 6.45. The average Bonchev–Trinajstić information content (AvgIpc) is 3.42. The molecule has 3 aromatic heterocycles. The van der Waals surface area contributed by atoms with Gasteiger partial charge in [0.25, 0.3) is 0 Å². The van der Waals surface area contributed by atoms with Gasteiger partial charge in [0.05, 0.1) is 36.4 Å². The summed E-state index contributed by atoms with van der Waals surface area (Å²) in [7, 11) is 0. The van der Waals surface area contributed by atoms with Crippen LogP contribution < -0.4 is 10.5 Å². The molecule has 0 bridgehead atoms. The van der Waals surface area contributed by atoms with Crippen LogP contribution in [0.2, 0.25) is 5.15 Å². The standard InChI is InChI=1S/C24H28ClN7O3/c1-3-32-17(11-14(2)30-32)23-28-21(25)19-16-12-15(22(26)33)13-18(20(16)27-24(19)29-23)35-8-4-5-31-6-9-34-10-7-31/h11-13H,3-10H2,1-2H3,(H2,26,33)(H,27,28,29). The Morgan fingerprint density at radius 3 is 2.80 bits per heavy atom. The number of hydrogen-bond donors (Lipinski definition) is 2. The third kappa shape index (κ3) is 4.69. The quantitative estimate of drug-likeness (QED) is 0.283. The second kappa shape index (κ2) is 9.80. The Labute approximate surface area is 207 Å². The SMILES string of the molecule is CCn1nc(C)cc1-c1nc(Cl)c2c(n1)[nH]c1c(OCCCN3CCOCC3)cc(C(N)=O)cc12. The molecule has 35 heavy (non-hydrogen) atoms. The number of carbonyl (C=O) groups excluding carboxylic acids is 1. The van der Waals surface area contributed by atoms with Gasteiger partial charge in [0, 0.05) is 37.1 Å². The number of morpholine rings is 1. The molecule has 1 aromatic carbocycles. The van der Waals surface area contributed by atoms with Crippen molar-refractivity contribution in [2.75, 3.05) is 39.5 Å². The molecule has 4 aromatic rings. The Balaban J connectivity index is 1.51. The fraction of sp³-hybridized carbons (Fsp3) is 0.417. The Hall–Kier alpha value is -3.21. The van der Waals surface area contributed by atoms with Crippen LogP contribution in [0.5, 0.6) is 5.75 Å². The van der Waals surface area contributed by atoms with E-state index in [4.69, 9.17) is 31.8 Å². The lowest BCUT2D eigenvalue weighted by Crippen LogP contribution is -2.37.